The molecule has 138 valence electrons. The summed E-state index contributed by atoms with van der Waals surface area (Å²) in [5.74, 6) is 1.25. The van der Waals surface area contributed by atoms with E-state index in [9.17, 15) is 4.79 Å². The number of hydrogen-bond donors (Lipinski definition) is 0. The molecule has 1 heterocycles. The molecule has 0 spiro atoms. The van der Waals surface area contributed by atoms with E-state index in [0.717, 1.165) is 32.7 Å². The lowest BCUT2D eigenvalue weighted by atomic mass is 10.1. The van der Waals surface area contributed by atoms with Gasteiger partial charge in [0.15, 0.2) is 11.5 Å². The fourth-order valence-corrected chi connectivity index (χ4v) is 3.76. The average molecular weight is 466 g/mol. The van der Waals surface area contributed by atoms with Crippen LogP contribution in [0.15, 0.2) is 42.5 Å². The van der Waals surface area contributed by atoms with E-state index in [1.807, 2.05) is 4.90 Å². The number of piperazine rings is 1. The Bertz CT molecular complexity index is 773. The molecule has 0 unspecified atom stereocenters. The van der Waals surface area contributed by atoms with Gasteiger partial charge in [-0.15, -0.1) is 0 Å². The van der Waals surface area contributed by atoms with Crippen molar-refractivity contribution < 1.29 is 14.3 Å². The summed E-state index contributed by atoms with van der Waals surface area (Å²) >= 11 is 2.34. The second-order valence-corrected chi connectivity index (χ2v) is 7.51. The van der Waals surface area contributed by atoms with Gasteiger partial charge in [-0.25, -0.2) is 0 Å². The highest BCUT2D eigenvalue weighted by Crippen LogP contribution is 2.28. The van der Waals surface area contributed by atoms with E-state index in [1.165, 1.54) is 9.13 Å². The Kier molecular flexibility index (Phi) is 6.37. The molecule has 1 fully saturated rings. The number of amides is 1. The molecule has 0 N–H and O–H groups in total. The van der Waals surface area contributed by atoms with Crippen LogP contribution in [-0.2, 0) is 6.54 Å². The molecule has 0 radical (unpaired) electrons. The number of rotatable bonds is 5. The van der Waals surface area contributed by atoms with E-state index in [-0.39, 0.29) is 5.91 Å². The van der Waals surface area contributed by atoms with E-state index in [0.29, 0.717) is 17.1 Å². The highest BCUT2D eigenvalue weighted by molar-refractivity contribution is 14.1. The molecule has 0 saturated carbocycles. The first kappa shape index (κ1) is 19.0. The molecule has 1 aliphatic rings. The molecule has 1 aliphatic heterocycles. The van der Waals surface area contributed by atoms with Gasteiger partial charge in [-0.2, -0.15) is 0 Å². The number of carbonyl (C=O) groups excluding carboxylic acids is 1. The van der Waals surface area contributed by atoms with Crippen LogP contribution in [0.3, 0.4) is 0 Å². The summed E-state index contributed by atoms with van der Waals surface area (Å²) in [7, 11) is 3.17. The molecule has 5 nitrogen and oxygen atoms in total. The molecule has 1 amide bonds. The number of hydrogen-bond acceptors (Lipinski definition) is 4. The first-order chi connectivity index (χ1) is 12.6. The first-order valence-electron chi connectivity index (χ1n) is 8.59. The van der Waals surface area contributed by atoms with Crippen LogP contribution < -0.4 is 9.47 Å². The van der Waals surface area contributed by atoms with Crippen molar-refractivity contribution in [2.45, 2.75) is 6.54 Å². The van der Waals surface area contributed by atoms with Gasteiger partial charge in [0.2, 0.25) is 0 Å². The minimum absolute atomic E-state index is 0.0415. The van der Waals surface area contributed by atoms with E-state index < -0.39 is 0 Å². The van der Waals surface area contributed by atoms with Crippen LogP contribution in [0, 0.1) is 3.57 Å². The maximum Gasteiger partial charge on any atom is 0.254 e. The van der Waals surface area contributed by atoms with Gasteiger partial charge in [0.25, 0.3) is 5.91 Å². The fraction of sp³-hybridized carbons (Fsp3) is 0.350. The Morgan fingerprint density at radius 2 is 1.73 bits per heavy atom. The van der Waals surface area contributed by atoms with Crippen LogP contribution in [0.1, 0.15) is 15.9 Å². The summed E-state index contributed by atoms with van der Waals surface area (Å²) in [4.78, 5) is 17.1. The smallest absolute Gasteiger partial charge is 0.254 e. The Hall–Kier alpha value is -1.80. The van der Waals surface area contributed by atoms with E-state index in [1.54, 1.807) is 32.4 Å². The van der Waals surface area contributed by atoms with Gasteiger partial charge in [0, 0.05) is 41.9 Å². The summed E-state index contributed by atoms with van der Waals surface area (Å²) in [6.07, 6.45) is 0. The third-order valence-electron chi connectivity index (χ3n) is 4.59. The van der Waals surface area contributed by atoms with Gasteiger partial charge in [0.1, 0.15) is 0 Å². The summed E-state index contributed by atoms with van der Waals surface area (Å²) in [6, 6.07) is 13.9. The number of nitrogens with zero attached hydrogens (tertiary/aromatic N) is 2. The quantitative estimate of drug-likeness (QED) is 0.635. The normalized spacial score (nSPS) is 15.0. The van der Waals surface area contributed by atoms with Crippen LogP contribution in [-0.4, -0.2) is 56.1 Å². The lowest BCUT2D eigenvalue weighted by Gasteiger charge is -2.35. The van der Waals surface area contributed by atoms with Crippen LogP contribution >= 0.6 is 22.6 Å². The number of ether oxygens (including phenoxy) is 2. The van der Waals surface area contributed by atoms with E-state index >= 15 is 0 Å². The maximum absolute atomic E-state index is 12.8. The van der Waals surface area contributed by atoms with Gasteiger partial charge in [-0.05, 0) is 58.5 Å². The van der Waals surface area contributed by atoms with Gasteiger partial charge in [0.05, 0.1) is 14.2 Å². The Morgan fingerprint density at radius 3 is 2.38 bits per heavy atom. The summed E-state index contributed by atoms with van der Waals surface area (Å²) in [6.45, 7) is 4.15. The molecule has 1 saturated heterocycles. The molecular weight excluding hydrogens is 443 g/mol. The first-order valence-corrected chi connectivity index (χ1v) is 9.66. The summed E-state index contributed by atoms with van der Waals surface area (Å²) in [5.41, 5.74) is 1.95. The minimum atomic E-state index is 0.0415. The van der Waals surface area contributed by atoms with Crippen LogP contribution in [0.2, 0.25) is 0 Å². The van der Waals surface area contributed by atoms with Crippen LogP contribution in [0.5, 0.6) is 11.5 Å². The molecule has 0 aliphatic carbocycles. The molecule has 2 aromatic rings. The van der Waals surface area contributed by atoms with Crippen LogP contribution in [0.4, 0.5) is 0 Å². The highest BCUT2D eigenvalue weighted by Gasteiger charge is 2.23. The molecule has 26 heavy (non-hydrogen) atoms. The Balaban J connectivity index is 1.60. The van der Waals surface area contributed by atoms with Gasteiger partial charge >= 0.3 is 0 Å². The standard InChI is InChI=1S/C20H23IN2O3/c1-25-18-7-6-16(13-19(18)26-2)20(24)23-10-8-22(9-11-23)14-15-4-3-5-17(21)12-15/h3-7,12-13H,8-11,14H2,1-2H3. The zero-order valence-corrected chi connectivity index (χ0v) is 17.2. The van der Waals surface area contributed by atoms with Crippen molar-refractivity contribution in [3.05, 3.63) is 57.2 Å². The Labute approximate surface area is 168 Å². The van der Waals surface area contributed by atoms with Crippen molar-refractivity contribution in [1.29, 1.82) is 0 Å². The van der Waals surface area contributed by atoms with Crippen molar-refractivity contribution in [3.8, 4) is 11.5 Å². The average Bonchev–Trinajstić information content (AvgIpc) is 2.67. The van der Waals surface area contributed by atoms with Crippen molar-refractivity contribution in [1.82, 2.24) is 9.80 Å². The topological polar surface area (TPSA) is 42.0 Å². The number of methoxy groups -OCH3 is 2. The third kappa shape index (κ3) is 4.48. The van der Waals surface area contributed by atoms with Crippen LogP contribution in [0.25, 0.3) is 0 Å². The molecule has 6 heteroatoms. The molecule has 0 atom stereocenters. The molecule has 0 aromatic heterocycles. The molecule has 2 aromatic carbocycles. The van der Waals surface area contributed by atoms with Gasteiger partial charge < -0.3 is 14.4 Å². The minimum Gasteiger partial charge on any atom is -0.493 e. The van der Waals surface area contributed by atoms with Gasteiger partial charge in [-0.1, -0.05) is 12.1 Å². The zero-order valence-electron chi connectivity index (χ0n) is 15.1. The molecule has 0 bridgehead atoms. The second-order valence-electron chi connectivity index (χ2n) is 6.27. The number of carbonyl (C=O) groups is 1. The fourth-order valence-electron chi connectivity index (χ4n) is 3.15. The third-order valence-corrected chi connectivity index (χ3v) is 5.26. The summed E-state index contributed by atoms with van der Waals surface area (Å²) in [5, 5.41) is 0. The van der Waals surface area contributed by atoms with Gasteiger partial charge in [-0.3, -0.25) is 9.69 Å². The van der Waals surface area contributed by atoms with Crippen molar-refractivity contribution in [2.75, 3.05) is 40.4 Å². The lowest BCUT2D eigenvalue weighted by Crippen LogP contribution is -2.48. The molecular formula is C20H23IN2O3. The largest absolute Gasteiger partial charge is 0.493 e. The highest BCUT2D eigenvalue weighted by atomic mass is 127. The SMILES string of the molecule is COc1ccc(C(=O)N2CCN(Cc3cccc(I)c3)CC2)cc1OC. The maximum atomic E-state index is 12.8. The monoisotopic (exact) mass is 466 g/mol. The number of benzene rings is 2. The molecule has 3 rings (SSSR count). The second kappa shape index (κ2) is 8.73. The van der Waals surface area contributed by atoms with E-state index in [2.05, 4.69) is 51.8 Å². The predicted octanol–water partition coefficient (Wildman–Crippen LogP) is 3.27. The van der Waals surface area contributed by atoms with E-state index in [4.69, 9.17) is 9.47 Å². The summed E-state index contributed by atoms with van der Waals surface area (Å²) < 4.78 is 11.8. The van der Waals surface area contributed by atoms with Crippen molar-refractivity contribution in [2.24, 2.45) is 0 Å². The Morgan fingerprint density at radius 1 is 1.00 bits per heavy atom. The van der Waals surface area contributed by atoms with Crippen molar-refractivity contribution in [3.63, 3.8) is 0 Å². The number of halogens is 1. The predicted molar refractivity (Wildman–Crippen MR) is 110 cm³/mol. The van der Waals surface area contributed by atoms with Crippen molar-refractivity contribution >= 4 is 28.5 Å². The lowest BCUT2D eigenvalue weighted by molar-refractivity contribution is 0.0628. The zero-order chi connectivity index (χ0) is 18.5.